The van der Waals surface area contributed by atoms with Gasteiger partial charge in [-0.25, -0.2) is 4.98 Å². The van der Waals surface area contributed by atoms with Crippen molar-refractivity contribution in [3.05, 3.63) is 75.2 Å². The molecule has 1 aromatic heterocycles. The maximum absolute atomic E-state index is 10.8. The van der Waals surface area contributed by atoms with Crippen molar-refractivity contribution in [2.75, 3.05) is 6.54 Å². The summed E-state index contributed by atoms with van der Waals surface area (Å²) < 4.78 is 1.69. The molecule has 27 heavy (non-hydrogen) atoms. The first kappa shape index (κ1) is 17.8. The Kier molecular flexibility index (Phi) is 4.72. The van der Waals surface area contributed by atoms with Gasteiger partial charge in [-0.05, 0) is 31.2 Å². The number of benzene rings is 2. The molecule has 136 valence electrons. The van der Waals surface area contributed by atoms with Crippen LogP contribution in [0.3, 0.4) is 0 Å². The van der Waals surface area contributed by atoms with E-state index in [2.05, 4.69) is 9.98 Å². The Morgan fingerprint density at radius 3 is 2.78 bits per heavy atom. The van der Waals surface area contributed by atoms with Gasteiger partial charge < -0.3 is 5.11 Å². The molecule has 1 N–H and O–H groups in total. The van der Waals surface area contributed by atoms with Crippen LogP contribution in [-0.4, -0.2) is 33.1 Å². The zero-order chi connectivity index (χ0) is 19.0. The van der Waals surface area contributed by atoms with Crippen LogP contribution in [0.1, 0.15) is 29.6 Å². The first-order valence-electron chi connectivity index (χ1n) is 8.50. The third kappa shape index (κ3) is 3.13. The molecule has 0 fully saturated rings. The molecule has 0 aliphatic carbocycles. The van der Waals surface area contributed by atoms with Gasteiger partial charge in [-0.3, -0.25) is 14.6 Å². The second-order valence-electron chi connectivity index (χ2n) is 6.01. The topological polar surface area (TPSA) is 62.8 Å². The molecule has 1 aliphatic rings. The summed E-state index contributed by atoms with van der Waals surface area (Å²) in [5.74, 6) is 0.650. The van der Waals surface area contributed by atoms with E-state index in [-0.39, 0.29) is 5.88 Å². The van der Waals surface area contributed by atoms with E-state index in [9.17, 15) is 5.11 Å². The predicted molar refractivity (Wildman–Crippen MR) is 109 cm³/mol. The maximum Gasteiger partial charge on any atom is 0.225 e. The Bertz CT molecular complexity index is 1090. The fraction of sp³-hybridized carbons (Fsp3) is 0.150. The highest BCUT2D eigenvalue weighted by atomic mass is 35.5. The van der Waals surface area contributed by atoms with E-state index in [1.54, 1.807) is 16.8 Å². The molecule has 7 heteroatoms. The van der Waals surface area contributed by atoms with Crippen molar-refractivity contribution in [1.29, 1.82) is 0 Å². The zero-order valence-corrected chi connectivity index (χ0v) is 16.0. The van der Waals surface area contributed by atoms with Crippen LogP contribution >= 0.6 is 23.2 Å². The highest BCUT2D eigenvalue weighted by molar-refractivity contribution is 6.36. The molecular formula is C20H16Cl2N4O. The van der Waals surface area contributed by atoms with Crippen LogP contribution < -0.4 is 0 Å². The number of aliphatic imine (C=N–C) groups is 2. The van der Waals surface area contributed by atoms with E-state index in [1.165, 1.54) is 0 Å². The van der Waals surface area contributed by atoms with Crippen molar-refractivity contribution in [1.82, 2.24) is 9.55 Å². The molecule has 3 aromatic rings. The number of fused-ring (bicyclic) bond motifs is 3. The van der Waals surface area contributed by atoms with Crippen molar-refractivity contribution >= 4 is 35.1 Å². The first-order chi connectivity index (χ1) is 13.1. The lowest BCUT2D eigenvalue weighted by Gasteiger charge is -2.13. The van der Waals surface area contributed by atoms with Crippen LogP contribution in [0, 0.1) is 0 Å². The number of halogens is 2. The molecular weight excluding hydrogens is 383 g/mol. The fourth-order valence-electron chi connectivity index (χ4n) is 3.11. The summed E-state index contributed by atoms with van der Waals surface area (Å²) in [6.45, 7) is 2.83. The highest BCUT2D eigenvalue weighted by Crippen LogP contribution is 2.33. The first-order valence-corrected chi connectivity index (χ1v) is 9.25. The molecule has 1 aliphatic heterocycles. The van der Waals surface area contributed by atoms with E-state index in [0.717, 1.165) is 16.8 Å². The van der Waals surface area contributed by atoms with Gasteiger partial charge in [0.05, 0.1) is 24.2 Å². The molecule has 4 rings (SSSR count). The Morgan fingerprint density at radius 1 is 1.19 bits per heavy atom. The third-order valence-corrected chi connectivity index (χ3v) is 4.87. The molecule has 0 atom stereocenters. The van der Waals surface area contributed by atoms with Crippen molar-refractivity contribution in [2.24, 2.45) is 9.98 Å². The van der Waals surface area contributed by atoms with E-state index in [0.29, 0.717) is 40.4 Å². The zero-order valence-electron chi connectivity index (χ0n) is 14.5. The average Bonchev–Trinajstić information content (AvgIpc) is 2.88. The summed E-state index contributed by atoms with van der Waals surface area (Å²) in [6, 6.07) is 13.0. The second-order valence-corrected chi connectivity index (χ2v) is 6.85. The Labute approximate surface area is 166 Å². The van der Waals surface area contributed by atoms with Crippen molar-refractivity contribution in [3.8, 4) is 11.6 Å². The normalized spacial score (nSPS) is 13.2. The molecule has 0 bridgehead atoms. The van der Waals surface area contributed by atoms with Gasteiger partial charge in [-0.15, -0.1) is 0 Å². The lowest BCUT2D eigenvalue weighted by molar-refractivity contribution is 0.439. The van der Waals surface area contributed by atoms with E-state index < -0.39 is 0 Å². The van der Waals surface area contributed by atoms with Crippen LogP contribution in [0.2, 0.25) is 10.0 Å². The predicted octanol–water partition coefficient (Wildman–Crippen LogP) is 4.67. The monoisotopic (exact) mass is 398 g/mol. The summed E-state index contributed by atoms with van der Waals surface area (Å²) in [7, 11) is 0. The van der Waals surface area contributed by atoms with Gasteiger partial charge in [0.2, 0.25) is 5.88 Å². The van der Waals surface area contributed by atoms with Crippen LogP contribution in [0.15, 0.2) is 52.4 Å². The van der Waals surface area contributed by atoms with Crippen LogP contribution in [0.4, 0.5) is 0 Å². The summed E-state index contributed by atoms with van der Waals surface area (Å²) in [5, 5.41) is 11.9. The lowest BCUT2D eigenvalue weighted by atomic mass is 10.0. The Balaban J connectivity index is 1.96. The summed E-state index contributed by atoms with van der Waals surface area (Å²) in [4.78, 5) is 13.4. The number of hydrogen-bond acceptors (Lipinski definition) is 4. The van der Waals surface area contributed by atoms with Gasteiger partial charge >= 0.3 is 0 Å². The molecule has 2 aromatic carbocycles. The molecule has 0 radical (unpaired) electrons. The largest absolute Gasteiger partial charge is 0.493 e. The third-order valence-electron chi connectivity index (χ3n) is 4.31. The standard InChI is InChI=1S/C20H16Cl2N4O/c1-2-23-10-16-20(27)26-17-8-7-12(21)9-14(17)19(24-11-18(26)25-16)13-5-3-4-6-15(13)22/h3-10,27H,2,11H2,1H3. The van der Waals surface area contributed by atoms with Crippen LogP contribution in [0.25, 0.3) is 5.69 Å². The minimum absolute atomic E-state index is 0.0291. The van der Waals surface area contributed by atoms with Crippen molar-refractivity contribution in [3.63, 3.8) is 0 Å². The molecule has 0 saturated heterocycles. The fourth-order valence-corrected chi connectivity index (χ4v) is 3.51. The lowest BCUT2D eigenvalue weighted by Crippen LogP contribution is -2.08. The highest BCUT2D eigenvalue weighted by Gasteiger charge is 2.25. The molecule has 0 saturated carbocycles. The number of aromatic nitrogens is 2. The minimum Gasteiger partial charge on any atom is -0.493 e. The number of imidazole rings is 1. The van der Waals surface area contributed by atoms with E-state index >= 15 is 0 Å². The van der Waals surface area contributed by atoms with Gasteiger partial charge in [-0.2, -0.15) is 0 Å². The van der Waals surface area contributed by atoms with Gasteiger partial charge in [0.25, 0.3) is 0 Å². The smallest absolute Gasteiger partial charge is 0.225 e. The number of rotatable bonds is 3. The van der Waals surface area contributed by atoms with Gasteiger partial charge in [-0.1, -0.05) is 41.4 Å². The number of aromatic hydroxyl groups is 1. The maximum atomic E-state index is 10.8. The van der Waals surface area contributed by atoms with Crippen molar-refractivity contribution < 1.29 is 5.11 Å². The van der Waals surface area contributed by atoms with Gasteiger partial charge in [0.1, 0.15) is 11.5 Å². The molecule has 0 unspecified atom stereocenters. The van der Waals surface area contributed by atoms with Crippen molar-refractivity contribution in [2.45, 2.75) is 13.5 Å². The summed E-state index contributed by atoms with van der Waals surface area (Å²) in [5.41, 5.74) is 3.46. The van der Waals surface area contributed by atoms with Crippen LogP contribution in [0.5, 0.6) is 5.88 Å². The average molecular weight is 399 g/mol. The Morgan fingerprint density at radius 2 is 2.00 bits per heavy atom. The van der Waals surface area contributed by atoms with Gasteiger partial charge in [0.15, 0.2) is 0 Å². The second kappa shape index (κ2) is 7.18. The quantitative estimate of drug-likeness (QED) is 0.651. The van der Waals surface area contributed by atoms with E-state index in [1.807, 2.05) is 43.3 Å². The summed E-state index contributed by atoms with van der Waals surface area (Å²) in [6.07, 6.45) is 1.57. The number of hydrogen-bond donors (Lipinski definition) is 1. The van der Waals surface area contributed by atoms with Gasteiger partial charge in [0, 0.05) is 27.7 Å². The molecule has 5 nitrogen and oxygen atoms in total. The Hall–Kier alpha value is -2.63. The molecule has 0 amide bonds. The molecule has 2 heterocycles. The SMILES string of the molecule is CCN=Cc1nc2n(c1O)-c1ccc(Cl)cc1C(c1ccccc1Cl)=NC2. The number of nitrogens with zero attached hydrogens (tertiary/aromatic N) is 4. The molecule has 0 spiro atoms. The van der Waals surface area contributed by atoms with Crippen LogP contribution in [-0.2, 0) is 6.54 Å². The summed E-state index contributed by atoms with van der Waals surface area (Å²) >= 11 is 12.7. The van der Waals surface area contributed by atoms with E-state index in [4.69, 9.17) is 28.2 Å². The minimum atomic E-state index is 0.0291.